The van der Waals surface area contributed by atoms with Gasteiger partial charge in [0.15, 0.2) is 0 Å². The Labute approximate surface area is 236 Å². The Hall–Kier alpha value is -4.37. The Bertz CT molecular complexity index is 1350. The number of nitriles is 1. The molecule has 6 heteroatoms. The van der Waals surface area contributed by atoms with Gasteiger partial charge in [-0.05, 0) is 56.2 Å². The van der Waals surface area contributed by atoms with Gasteiger partial charge in [0.2, 0.25) is 0 Å². The zero-order valence-electron chi connectivity index (χ0n) is 23.4. The highest BCUT2D eigenvalue weighted by Gasteiger charge is 2.39. The fraction of sp³-hybridized carbons (Fsp3) is 0.324. The van der Waals surface area contributed by atoms with Crippen LogP contribution in [0.15, 0.2) is 104 Å². The van der Waals surface area contributed by atoms with Crippen LogP contribution >= 0.6 is 0 Å². The van der Waals surface area contributed by atoms with Gasteiger partial charge in [-0.1, -0.05) is 91.0 Å². The molecular formula is C34H36N4O2. The summed E-state index contributed by atoms with van der Waals surface area (Å²) in [5.74, 6) is -0.270. The Balaban J connectivity index is 1.51. The number of piperidine rings is 1. The SMILES string of the molecule is CC(C)(C)OC(=O)N1CCC(C(C#N)c2cn(C(c3ccccc3)(c3ccccc3)c3ccccc3)cn2)CC1. The van der Waals surface area contributed by atoms with E-state index < -0.39 is 11.1 Å². The first-order valence-corrected chi connectivity index (χ1v) is 13.9. The lowest BCUT2D eigenvalue weighted by Gasteiger charge is -2.37. The number of likely N-dealkylation sites (tertiary alicyclic amines) is 1. The van der Waals surface area contributed by atoms with Crippen molar-refractivity contribution >= 4 is 6.09 Å². The number of amides is 1. The number of benzene rings is 3. The molecule has 0 saturated carbocycles. The maximum absolute atomic E-state index is 12.6. The smallest absolute Gasteiger partial charge is 0.410 e. The molecule has 5 rings (SSSR count). The van der Waals surface area contributed by atoms with Gasteiger partial charge in [-0.2, -0.15) is 5.26 Å². The highest BCUT2D eigenvalue weighted by Crippen LogP contribution is 2.42. The molecule has 1 aromatic heterocycles. The average Bonchev–Trinajstić information content (AvgIpc) is 3.45. The van der Waals surface area contributed by atoms with Crippen molar-refractivity contribution in [3.63, 3.8) is 0 Å². The Morgan fingerprint density at radius 1 is 0.875 bits per heavy atom. The van der Waals surface area contributed by atoms with Crippen LogP contribution in [0.3, 0.4) is 0 Å². The van der Waals surface area contributed by atoms with Crippen molar-refractivity contribution in [2.75, 3.05) is 13.1 Å². The van der Waals surface area contributed by atoms with Crippen LogP contribution < -0.4 is 0 Å². The molecule has 0 N–H and O–H groups in total. The van der Waals surface area contributed by atoms with Gasteiger partial charge in [-0.3, -0.25) is 0 Å². The Morgan fingerprint density at radius 3 is 1.77 bits per heavy atom. The molecule has 1 aliphatic heterocycles. The van der Waals surface area contributed by atoms with Gasteiger partial charge < -0.3 is 14.2 Å². The first kappa shape index (κ1) is 27.2. The van der Waals surface area contributed by atoms with E-state index in [1.165, 1.54) is 0 Å². The molecule has 1 atom stereocenters. The maximum atomic E-state index is 12.6. The summed E-state index contributed by atoms with van der Waals surface area (Å²) in [5.41, 5.74) is 2.88. The number of nitrogens with zero attached hydrogens (tertiary/aromatic N) is 4. The maximum Gasteiger partial charge on any atom is 0.410 e. The van der Waals surface area contributed by atoms with Crippen LogP contribution in [-0.4, -0.2) is 39.2 Å². The van der Waals surface area contributed by atoms with Crippen LogP contribution in [0.1, 0.15) is 61.9 Å². The second kappa shape index (κ2) is 11.4. The van der Waals surface area contributed by atoms with Crippen LogP contribution in [0.2, 0.25) is 0 Å². The number of hydrogen-bond donors (Lipinski definition) is 0. The third-order valence-electron chi connectivity index (χ3n) is 7.68. The molecule has 0 spiro atoms. The van der Waals surface area contributed by atoms with E-state index >= 15 is 0 Å². The lowest BCUT2D eigenvalue weighted by atomic mass is 9.76. The zero-order chi connectivity index (χ0) is 28.2. The van der Waals surface area contributed by atoms with Gasteiger partial charge in [0.25, 0.3) is 0 Å². The summed E-state index contributed by atoms with van der Waals surface area (Å²) in [5, 5.41) is 10.3. The third kappa shape index (κ3) is 5.37. The molecule has 40 heavy (non-hydrogen) atoms. The summed E-state index contributed by atoms with van der Waals surface area (Å²) in [6.07, 6.45) is 5.07. The number of aromatic nitrogens is 2. The predicted octanol–water partition coefficient (Wildman–Crippen LogP) is 6.98. The Kier molecular flexibility index (Phi) is 7.75. The summed E-state index contributed by atoms with van der Waals surface area (Å²) in [6, 6.07) is 33.9. The van der Waals surface area contributed by atoms with E-state index in [9.17, 15) is 10.1 Å². The molecule has 2 heterocycles. The average molecular weight is 533 g/mol. The number of ether oxygens (including phenoxy) is 1. The first-order chi connectivity index (χ1) is 19.3. The van der Waals surface area contributed by atoms with Crippen molar-refractivity contribution in [3.05, 3.63) is 126 Å². The minimum absolute atomic E-state index is 0.103. The van der Waals surface area contributed by atoms with Crippen molar-refractivity contribution in [2.24, 2.45) is 5.92 Å². The van der Waals surface area contributed by atoms with E-state index in [1.807, 2.05) is 51.5 Å². The van der Waals surface area contributed by atoms with E-state index in [-0.39, 0.29) is 17.9 Å². The molecule has 6 nitrogen and oxygen atoms in total. The van der Waals surface area contributed by atoms with E-state index in [0.29, 0.717) is 13.1 Å². The molecule has 0 radical (unpaired) electrons. The largest absolute Gasteiger partial charge is 0.444 e. The van der Waals surface area contributed by atoms with Crippen molar-refractivity contribution in [1.29, 1.82) is 5.26 Å². The molecule has 1 saturated heterocycles. The highest BCUT2D eigenvalue weighted by molar-refractivity contribution is 5.68. The van der Waals surface area contributed by atoms with Gasteiger partial charge in [-0.25, -0.2) is 9.78 Å². The van der Waals surface area contributed by atoms with Crippen LogP contribution in [0.4, 0.5) is 4.79 Å². The number of rotatable bonds is 6. The van der Waals surface area contributed by atoms with Crippen molar-refractivity contribution in [3.8, 4) is 6.07 Å². The van der Waals surface area contributed by atoms with Crippen LogP contribution in [0.25, 0.3) is 0 Å². The summed E-state index contributed by atoms with van der Waals surface area (Å²) in [4.78, 5) is 19.2. The van der Waals surface area contributed by atoms with Gasteiger partial charge in [-0.15, -0.1) is 0 Å². The number of carbonyl (C=O) groups excluding carboxylic acids is 1. The van der Waals surface area contributed by atoms with E-state index in [0.717, 1.165) is 35.2 Å². The summed E-state index contributed by atoms with van der Waals surface area (Å²) in [6.45, 7) is 6.76. The second-order valence-corrected chi connectivity index (χ2v) is 11.4. The van der Waals surface area contributed by atoms with Crippen molar-refractivity contribution in [1.82, 2.24) is 14.5 Å². The first-order valence-electron chi connectivity index (χ1n) is 13.9. The number of hydrogen-bond acceptors (Lipinski definition) is 4. The van der Waals surface area contributed by atoms with Gasteiger partial charge in [0.1, 0.15) is 11.1 Å². The molecule has 0 bridgehead atoms. The molecule has 1 fully saturated rings. The quantitative estimate of drug-likeness (QED) is 0.251. The highest BCUT2D eigenvalue weighted by atomic mass is 16.6. The second-order valence-electron chi connectivity index (χ2n) is 11.4. The summed E-state index contributed by atoms with van der Waals surface area (Å²) in [7, 11) is 0. The van der Waals surface area contributed by atoms with Gasteiger partial charge >= 0.3 is 6.09 Å². The van der Waals surface area contributed by atoms with E-state index in [2.05, 4.69) is 83.4 Å². The molecule has 1 aliphatic rings. The van der Waals surface area contributed by atoms with Crippen molar-refractivity contribution in [2.45, 2.75) is 50.7 Å². The van der Waals surface area contributed by atoms with E-state index in [4.69, 9.17) is 9.72 Å². The minimum atomic E-state index is -0.672. The van der Waals surface area contributed by atoms with Crippen LogP contribution in [0, 0.1) is 17.2 Å². The van der Waals surface area contributed by atoms with Crippen molar-refractivity contribution < 1.29 is 9.53 Å². The summed E-state index contributed by atoms with van der Waals surface area (Å²) < 4.78 is 7.71. The molecule has 3 aromatic carbocycles. The lowest BCUT2D eigenvalue weighted by Crippen LogP contribution is -2.42. The van der Waals surface area contributed by atoms with E-state index in [1.54, 1.807) is 4.90 Å². The molecular weight excluding hydrogens is 496 g/mol. The fourth-order valence-corrected chi connectivity index (χ4v) is 5.82. The zero-order valence-corrected chi connectivity index (χ0v) is 23.4. The normalized spacial score (nSPS) is 15.3. The number of carbonyl (C=O) groups is 1. The number of imidazole rings is 1. The standard InChI is InChI=1S/C34H36N4O2/c1-33(2,3)40-32(39)37-21-19-26(20-22-37)30(23-35)31-24-38(25-36-31)34(27-13-7-4-8-14-27,28-15-9-5-10-16-28)29-17-11-6-12-18-29/h4-18,24-26,30H,19-22H2,1-3H3. The predicted molar refractivity (Wildman–Crippen MR) is 156 cm³/mol. The van der Waals surface area contributed by atoms with Gasteiger partial charge in [0.05, 0.1) is 24.0 Å². The molecule has 204 valence electrons. The lowest BCUT2D eigenvalue weighted by molar-refractivity contribution is 0.0179. The Morgan fingerprint density at radius 2 is 1.35 bits per heavy atom. The monoisotopic (exact) mass is 532 g/mol. The fourth-order valence-electron chi connectivity index (χ4n) is 5.82. The topological polar surface area (TPSA) is 71.2 Å². The molecule has 1 unspecified atom stereocenters. The summed E-state index contributed by atoms with van der Waals surface area (Å²) >= 11 is 0. The molecule has 0 aliphatic carbocycles. The third-order valence-corrected chi connectivity index (χ3v) is 7.68. The minimum Gasteiger partial charge on any atom is -0.444 e. The molecule has 1 amide bonds. The van der Waals surface area contributed by atoms with Gasteiger partial charge in [0, 0.05) is 19.3 Å². The molecule has 4 aromatic rings. The van der Waals surface area contributed by atoms with Crippen LogP contribution in [-0.2, 0) is 10.3 Å². The van der Waals surface area contributed by atoms with Crippen LogP contribution in [0.5, 0.6) is 0 Å².